The number of nitrogens with zero attached hydrogens (tertiary/aromatic N) is 1. The first-order valence-corrected chi connectivity index (χ1v) is 7.56. The van der Waals surface area contributed by atoms with Crippen molar-refractivity contribution in [2.24, 2.45) is 0 Å². The smallest absolute Gasteiger partial charge is 0.123 e. The van der Waals surface area contributed by atoms with E-state index in [0.29, 0.717) is 6.61 Å². The molecule has 0 spiro atoms. The molecule has 0 bridgehead atoms. The summed E-state index contributed by atoms with van der Waals surface area (Å²) in [4.78, 5) is 4.32. The third kappa shape index (κ3) is 4.67. The van der Waals surface area contributed by atoms with Crippen LogP contribution >= 0.6 is 11.3 Å². The van der Waals surface area contributed by atoms with Crippen molar-refractivity contribution < 1.29 is 9.13 Å². The molecule has 0 saturated carbocycles. The van der Waals surface area contributed by atoms with Crippen LogP contribution in [-0.4, -0.2) is 31.8 Å². The fraction of sp³-hybridized carbons (Fsp3) is 0.400. The van der Waals surface area contributed by atoms with E-state index in [0.717, 1.165) is 30.8 Å². The molecule has 2 aromatic rings. The van der Waals surface area contributed by atoms with Crippen molar-refractivity contribution in [3.8, 4) is 0 Å². The Morgan fingerprint density at radius 2 is 2.35 bits per heavy atom. The zero-order valence-electron chi connectivity index (χ0n) is 11.5. The summed E-state index contributed by atoms with van der Waals surface area (Å²) in [5.74, 6) is 0.0207. The molecule has 108 valence electrons. The van der Waals surface area contributed by atoms with Crippen LogP contribution in [0.3, 0.4) is 0 Å². The molecule has 5 heteroatoms. The van der Waals surface area contributed by atoms with Gasteiger partial charge in [-0.05, 0) is 24.1 Å². The molecule has 2 rings (SSSR count). The largest absolute Gasteiger partial charge is 0.383 e. The molecule has 0 amide bonds. The van der Waals surface area contributed by atoms with Gasteiger partial charge in [-0.25, -0.2) is 9.37 Å². The molecule has 0 aliphatic carbocycles. The molecule has 1 aromatic carbocycles. The zero-order chi connectivity index (χ0) is 14.2. The van der Waals surface area contributed by atoms with Gasteiger partial charge in [0.1, 0.15) is 5.82 Å². The quantitative estimate of drug-likeness (QED) is 0.760. The monoisotopic (exact) mass is 294 g/mol. The van der Waals surface area contributed by atoms with Gasteiger partial charge >= 0.3 is 0 Å². The minimum atomic E-state index is -0.192. The van der Waals surface area contributed by atoms with Gasteiger partial charge in [0, 0.05) is 31.5 Å². The first kappa shape index (κ1) is 15.1. The zero-order valence-corrected chi connectivity index (χ0v) is 12.3. The van der Waals surface area contributed by atoms with Gasteiger partial charge in [0.05, 0.1) is 17.8 Å². The number of thiazole rings is 1. The third-order valence-electron chi connectivity index (χ3n) is 3.13. The lowest BCUT2D eigenvalue weighted by Gasteiger charge is -2.17. The second kappa shape index (κ2) is 8.09. The Balaban J connectivity index is 2.03. The van der Waals surface area contributed by atoms with Crippen LogP contribution in [0, 0.1) is 5.82 Å². The molecule has 0 aliphatic heterocycles. The lowest BCUT2D eigenvalue weighted by atomic mass is 9.94. The maximum absolute atomic E-state index is 13.4. The number of aromatic nitrogens is 1. The summed E-state index contributed by atoms with van der Waals surface area (Å²) >= 11 is 1.59. The number of hydrogen-bond acceptors (Lipinski definition) is 4. The second-order valence-electron chi connectivity index (χ2n) is 4.63. The second-order valence-corrected chi connectivity index (χ2v) is 5.35. The van der Waals surface area contributed by atoms with Gasteiger partial charge in [-0.2, -0.15) is 0 Å². The van der Waals surface area contributed by atoms with Crippen LogP contribution in [0.15, 0.2) is 35.2 Å². The summed E-state index contributed by atoms with van der Waals surface area (Å²) in [6.07, 6.45) is 0.812. The van der Waals surface area contributed by atoms with Crippen molar-refractivity contribution in [1.82, 2.24) is 10.3 Å². The average Bonchev–Trinajstić information content (AvgIpc) is 2.95. The van der Waals surface area contributed by atoms with Crippen LogP contribution in [0.4, 0.5) is 4.39 Å². The fourth-order valence-electron chi connectivity index (χ4n) is 2.11. The first-order valence-electron chi connectivity index (χ1n) is 6.61. The summed E-state index contributed by atoms with van der Waals surface area (Å²) in [5, 5.41) is 5.39. The van der Waals surface area contributed by atoms with Crippen LogP contribution in [0.2, 0.25) is 0 Å². The number of halogens is 1. The van der Waals surface area contributed by atoms with Crippen LogP contribution in [0.1, 0.15) is 17.2 Å². The predicted octanol–water partition coefficient (Wildman–Crippen LogP) is 2.84. The summed E-state index contributed by atoms with van der Waals surface area (Å²) in [7, 11) is 1.68. The highest BCUT2D eigenvalue weighted by Gasteiger charge is 2.14. The maximum Gasteiger partial charge on any atom is 0.123 e. The number of benzene rings is 1. The van der Waals surface area contributed by atoms with Crippen molar-refractivity contribution in [3.63, 3.8) is 0 Å². The van der Waals surface area contributed by atoms with E-state index >= 15 is 0 Å². The number of rotatable bonds is 8. The highest BCUT2D eigenvalue weighted by atomic mass is 32.1. The van der Waals surface area contributed by atoms with E-state index in [1.54, 1.807) is 30.6 Å². The van der Waals surface area contributed by atoms with E-state index in [1.807, 2.05) is 17.0 Å². The molecule has 0 fully saturated rings. The van der Waals surface area contributed by atoms with Crippen LogP contribution in [0.5, 0.6) is 0 Å². The number of methoxy groups -OCH3 is 1. The fourth-order valence-corrected chi connectivity index (χ4v) is 2.68. The molecule has 0 radical (unpaired) electrons. The van der Waals surface area contributed by atoms with Crippen molar-refractivity contribution in [2.75, 3.05) is 26.8 Å². The molecule has 1 N–H and O–H groups in total. The minimum absolute atomic E-state index is 0.192. The van der Waals surface area contributed by atoms with Gasteiger partial charge < -0.3 is 10.1 Å². The molecular weight excluding hydrogens is 275 g/mol. The molecule has 3 nitrogen and oxygen atoms in total. The number of hydrogen-bond donors (Lipinski definition) is 1. The highest BCUT2D eigenvalue weighted by Crippen LogP contribution is 2.21. The lowest BCUT2D eigenvalue weighted by molar-refractivity contribution is 0.199. The Hall–Kier alpha value is -1.30. The van der Waals surface area contributed by atoms with Gasteiger partial charge in [0.2, 0.25) is 0 Å². The summed E-state index contributed by atoms with van der Waals surface area (Å²) in [6.45, 7) is 2.25. The van der Waals surface area contributed by atoms with E-state index in [2.05, 4.69) is 10.3 Å². The van der Waals surface area contributed by atoms with Crippen molar-refractivity contribution in [2.45, 2.75) is 12.3 Å². The van der Waals surface area contributed by atoms with Gasteiger partial charge in [-0.15, -0.1) is 11.3 Å². The standard InChI is InChI=1S/C15H19FN2OS/c1-19-6-5-17-9-13(8-15-10-20-11-18-15)12-3-2-4-14(16)7-12/h2-4,7,10-11,13,17H,5-6,8-9H2,1H3. The topological polar surface area (TPSA) is 34.1 Å². The summed E-state index contributed by atoms with van der Waals surface area (Å²) in [5.41, 5.74) is 3.89. The summed E-state index contributed by atoms with van der Waals surface area (Å²) in [6, 6.07) is 6.81. The Kier molecular flexibility index (Phi) is 6.11. The maximum atomic E-state index is 13.4. The third-order valence-corrected chi connectivity index (χ3v) is 3.77. The molecule has 1 heterocycles. The van der Waals surface area contributed by atoms with Crippen molar-refractivity contribution >= 4 is 11.3 Å². The van der Waals surface area contributed by atoms with E-state index in [9.17, 15) is 4.39 Å². The Bertz CT molecular complexity index is 504. The first-order chi connectivity index (χ1) is 9.79. The van der Waals surface area contributed by atoms with Crippen LogP contribution in [-0.2, 0) is 11.2 Å². The molecule has 0 aliphatic rings. The van der Waals surface area contributed by atoms with Gasteiger partial charge in [0.25, 0.3) is 0 Å². The minimum Gasteiger partial charge on any atom is -0.383 e. The van der Waals surface area contributed by atoms with E-state index in [-0.39, 0.29) is 11.7 Å². The Labute approximate surface area is 122 Å². The molecule has 1 atom stereocenters. The molecule has 0 saturated heterocycles. The molecule has 1 unspecified atom stereocenters. The van der Waals surface area contributed by atoms with Crippen LogP contribution < -0.4 is 5.32 Å². The Morgan fingerprint density at radius 3 is 3.05 bits per heavy atom. The van der Waals surface area contributed by atoms with Gasteiger partial charge in [-0.1, -0.05) is 12.1 Å². The normalized spacial score (nSPS) is 12.5. The molecule has 1 aromatic heterocycles. The van der Waals surface area contributed by atoms with Crippen molar-refractivity contribution in [1.29, 1.82) is 0 Å². The number of ether oxygens (including phenoxy) is 1. The van der Waals surface area contributed by atoms with Crippen LogP contribution in [0.25, 0.3) is 0 Å². The van der Waals surface area contributed by atoms with E-state index in [1.165, 1.54) is 6.07 Å². The lowest BCUT2D eigenvalue weighted by Crippen LogP contribution is -2.26. The number of nitrogens with one attached hydrogen (secondary N) is 1. The average molecular weight is 294 g/mol. The predicted molar refractivity (Wildman–Crippen MR) is 79.7 cm³/mol. The molecule has 20 heavy (non-hydrogen) atoms. The highest BCUT2D eigenvalue weighted by molar-refractivity contribution is 7.07. The van der Waals surface area contributed by atoms with Gasteiger partial charge in [0.15, 0.2) is 0 Å². The molecular formula is C15H19FN2OS. The van der Waals surface area contributed by atoms with Gasteiger partial charge in [-0.3, -0.25) is 0 Å². The summed E-state index contributed by atoms with van der Waals surface area (Å²) < 4.78 is 18.4. The Morgan fingerprint density at radius 1 is 1.45 bits per heavy atom. The van der Waals surface area contributed by atoms with E-state index < -0.39 is 0 Å². The van der Waals surface area contributed by atoms with Crippen molar-refractivity contribution in [3.05, 3.63) is 52.2 Å². The SMILES string of the molecule is COCCNCC(Cc1cscn1)c1cccc(F)c1. The van der Waals surface area contributed by atoms with E-state index in [4.69, 9.17) is 4.74 Å².